The molecule has 0 bridgehead atoms. The Balaban J connectivity index is 1.17. The van der Waals surface area contributed by atoms with Crippen molar-refractivity contribution in [1.82, 2.24) is 9.97 Å². The first-order valence-electron chi connectivity index (χ1n) is 18.1. The van der Waals surface area contributed by atoms with Gasteiger partial charge in [-0.15, -0.1) is 0 Å². The van der Waals surface area contributed by atoms with E-state index in [-0.39, 0.29) is 11.3 Å². The SMILES string of the molecule is CC1(C)c2ccccc2-c2cc3c(cc21)C(c1cccc(-c2nc(-c4ccccc4)cc(-c4ccccc4)n2)c1)c1cc(-c2ccccc2)ccc1-3. The zero-order valence-electron chi connectivity index (χ0n) is 29.2. The summed E-state index contributed by atoms with van der Waals surface area (Å²) in [5.74, 6) is 0.786. The lowest BCUT2D eigenvalue weighted by atomic mass is 9.80. The van der Waals surface area contributed by atoms with E-state index in [4.69, 9.17) is 9.97 Å². The third-order valence-corrected chi connectivity index (χ3v) is 11.2. The molecule has 10 rings (SSSR count). The Morgan fingerprint density at radius 3 is 1.67 bits per heavy atom. The zero-order chi connectivity index (χ0) is 34.8. The topological polar surface area (TPSA) is 25.8 Å². The third-order valence-electron chi connectivity index (χ3n) is 11.2. The van der Waals surface area contributed by atoms with E-state index in [0.29, 0.717) is 0 Å². The first kappa shape index (κ1) is 30.4. The van der Waals surface area contributed by atoms with Crippen LogP contribution in [0.15, 0.2) is 176 Å². The van der Waals surface area contributed by atoms with Crippen molar-refractivity contribution in [2.24, 2.45) is 0 Å². The Kier molecular flexibility index (Phi) is 6.94. The lowest BCUT2D eigenvalue weighted by molar-refractivity contribution is 0.659. The minimum Gasteiger partial charge on any atom is -0.228 e. The highest BCUT2D eigenvalue weighted by atomic mass is 14.9. The van der Waals surface area contributed by atoms with Crippen molar-refractivity contribution in [2.75, 3.05) is 0 Å². The fraction of sp³-hybridized carbons (Fsp3) is 0.0800. The second kappa shape index (κ2) is 11.9. The van der Waals surface area contributed by atoms with E-state index in [1.165, 1.54) is 61.2 Å². The molecule has 0 saturated carbocycles. The first-order chi connectivity index (χ1) is 25.5. The maximum atomic E-state index is 5.19. The molecule has 0 amide bonds. The second-order valence-electron chi connectivity index (χ2n) is 14.6. The van der Waals surface area contributed by atoms with Gasteiger partial charge in [-0.05, 0) is 85.5 Å². The molecule has 2 nitrogen and oxygen atoms in total. The predicted molar refractivity (Wildman–Crippen MR) is 214 cm³/mol. The van der Waals surface area contributed by atoms with Crippen LogP contribution in [0.1, 0.15) is 47.6 Å². The maximum Gasteiger partial charge on any atom is 0.160 e. The standard InChI is InChI=1S/C50H36N2/c1-50(2)44-24-13-12-23-39(44)41-29-40-38-26-25-35(32-15-6-3-7-16-32)28-42(38)48(43(40)30-45(41)50)36-21-14-22-37(27-36)49-51-46(33-17-8-4-9-18-33)31-47(52-49)34-19-10-5-11-20-34/h3-31,48H,1-2H3. The lowest BCUT2D eigenvalue weighted by Crippen LogP contribution is -2.15. The molecule has 8 aromatic rings. The van der Waals surface area contributed by atoms with Gasteiger partial charge in [0.05, 0.1) is 11.4 Å². The van der Waals surface area contributed by atoms with Crippen molar-refractivity contribution in [3.8, 4) is 67.3 Å². The highest BCUT2D eigenvalue weighted by molar-refractivity contribution is 5.91. The molecule has 1 unspecified atom stereocenters. The van der Waals surface area contributed by atoms with Crippen LogP contribution in [0.2, 0.25) is 0 Å². The van der Waals surface area contributed by atoms with Crippen LogP contribution >= 0.6 is 0 Å². The number of hydrogen-bond acceptors (Lipinski definition) is 2. The Hall–Kier alpha value is -6.38. The van der Waals surface area contributed by atoms with E-state index >= 15 is 0 Å². The number of nitrogens with zero attached hydrogens (tertiary/aromatic N) is 2. The zero-order valence-corrected chi connectivity index (χ0v) is 29.2. The number of aromatic nitrogens is 2. The maximum absolute atomic E-state index is 5.19. The summed E-state index contributed by atoms with van der Waals surface area (Å²) < 4.78 is 0. The number of benzene rings is 7. The van der Waals surface area contributed by atoms with Crippen LogP contribution in [0.5, 0.6) is 0 Å². The van der Waals surface area contributed by atoms with Crippen molar-refractivity contribution in [3.63, 3.8) is 0 Å². The molecule has 2 heteroatoms. The Labute approximate surface area is 305 Å². The van der Waals surface area contributed by atoms with Crippen molar-refractivity contribution in [2.45, 2.75) is 25.2 Å². The summed E-state index contributed by atoms with van der Waals surface area (Å²) in [4.78, 5) is 10.4. The molecule has 0 radical (unpaired) electrons. The highest BCUT2D eigenvalue weighted by Gasteiger charge is 2.39. The molecule has 1 aromatic heterocycles. The van der Waals surface area contributed by atoms with Crippen molar-refractivity contribution in [3.05, 3.63) is 204 Å². The van der Waals surface area contributed by atoms with Crippen LogP contribution in [0.4, 0.5) is 0 Å². The summed E-state index contributed by atoms with van der Waals surface area (Å²) >= 11 is 0. The molecule has 0 fully saturated rings. The summed E-state index contributed by atoms with van der Waals surface area (Å²) in [5.41, 5.74) is 19.4. The summed E-state index contributed by atoms with van der Waals surface area (Å²) in [6, 6.07) is 63.6. The van der Waals surface area contributed by atoms with E-state index in [1.54, 1.807) is 0 Å². The van der Waals surface area contributed by atoms with E-state index in [2.05, 4.69) is 178 Å². The Morgan fingerprint density at radius 1 is 0.385 bits per heavy atom. The van der Waals surface area contributed by atoms with E-state index < -0.39 is 0 Å². The van der Waals surface area contributed by atoms with Gasteiger partial charge in [-0.25, -0.2) is 9.97 Å². The quantitative estimate of drug-likeness (QED) is 0.183. The molecule has 246 valence electrons. The summed E-state index contributed by atoms with van der Waals surface area (Å²) in [6.45, 7) is 4.74. The normalized spacial score (nSPS) is 14.7. The number of rotatable bonds is 5. The van der Waals surface area contributed by atoms with Gasteiger partial charge in [-0.3, -0.25) is 0 Å². The van der Waals surface area contributed by atoms with Crippen molar-refractivity contribution < 1.29 is 0 Å². The van der Waals surface area contributed by atoms with Gasteiger partial charge < -0.3 is 0 Å². The molecule has 52 heavy (non-hydrogen) atoms. The predicted octanol–water partition coefficient (Wildman–Crippen LogP) is 12.6. The molecule has 0 spiro atoms. The summed E-state index contributed by atoms with van der Waals surface area (Å²) in [5, 5.41) is 0. The molecule has 2 aliphatic carbocycles. The largest absolute Gasteiger partial charge is 0.228 e. The van der Waals surface area contributed by atoms with Crippen LogP contribution < -0.4 is 0 Å². The van der Waals surface area contributed by atoms with E-state index in [9.17, 15) is 0 Å². The molecule has 0 N–H and O–H groups in total. The van der Waals surface area contributed by atoms with Gasteiger partial charge in [0.25, 0.3) is 0 Å². The van der Waals surface area contributed by atoms with Crippen molar-refractivity contribution in [1.29, 1.82) is 0 Å². The molecular weight excluding hydrogens is 629 g/mol. The average molecular weight is 665 g/mol. The molecule has 7 aromatic carbocycles. The van der Waals surface area contributed by atoms with Crippen LogP contribution in [-0.4, -0.2) is 9.97 Å². The number of fused-ring (bicyclic) bond motifs is 6. The molecule has 0 saturated heterocycles. The van der Waals surface area contributed by atoms with Gasteiger partial charge in [0, 0.05) is 28.0 Å². The molecular formula is C50H36N2. The van der Waals surface area contributed by atoms with Gasteiger partial charge in [0.1, 0.15) is 0 Å². The van der Waals surface area contributed by atoms with Gasteiger partial charge >= 0.3 is 0 Å². The van der Waals surface area contributed by atoms with Crippen LogP contribution in [0, 0.1) is 0 Å². The Bertz CT molecular complexity index is 2580. The molecule has 2 aliphatic rings. The van der Waals surface area contributed by atoms with Gasteiger partial charge in [0.2, 0.25) is 0 Å². The lowest BCUT2D eigenvalue weighted by Gasteiger charge is -2.23. The third kappa shape index (κ3) is 4.86. The first-order valence-corrected chi connectivity index (χ1v) is 18.1. The summed E-state index contributed by atoms with van der Waals surface area (Å²) in [6.07, 6.45) is 0. The molecule has 1 heterocycles. The number of hydrogen-bond donors (Lipinski definition) is 0. The van der Waals surface area contributed by atoms with Crippen LogP contribution in [0.25, 0.3) is 67.3 Å². The van der Waals surface area contributed by atoms with E-state index in [0.717, 1.165) is 33.9 Å². The average Bonchev–Trinajstić information content (AvgIpc) is 3.65. The molecule has 1 atom stereocenters. The Morgan fingerprint density at radius 2 is 0.981 bits per heavy atom. The highest BCUT2D eigenvalue weighted by Crippen LogP contribution is 2.56. The van der Waals surface area contributed by atoms with Crippen LogP contribution in [-0.2, 0) is 5.41 Å². The fourth-order valence-electron chi connectivity index (χ4n) is 8.57. The monoisotopic (exact) mass is 664 g/mol. The second-order valence-corrected chi connectivity index (χ2v) is 14.6. The smallest absolute Gasteiger partial charge is 0.160 e. The van der Waals surface area contributed by atoms with E-state index in [1.807, 2.05) is 12.1 Å². The van der Waals surface area contributed by atoms with Crippen LogP contribution in [0.3, 0.4) is 0 Å². The van der Waals surface area contributed by atoms with Gasteiger partial charge in [-0.1, -0.05) is 166 Å². The minimum atomic E-state index is -0.0864. The minimum absolute atomic E-state index is 0.0596. The summed E-state index contributed by atoms with van der Waals surface area (Å²) in [7, 11) is 0. The van der Waals surface area contributed by atoms with Gasteiger partial charge in [-0.2, -0.15) is 0 Å². The van der Waals surface area contributed by atoms with Crippen molar-refractivity contribution >= 4 is 0 Å². The van der Waals surface area contributed by atoms with Gasteiger partial charge in [0.15, 0.2) is 5.82 Å². The molecule has 0 aliphatic heterocycles. The fourth-order valence-corrected chi connectivity index (χ4v) is 8.57.